The molecule has 11 heavy (non-hydrogen) atoms. The van der Waals surface area contributed by atoms with Gasteiger partial charge in [0.05, 0.1) is 6.42 Å². The Balaban J connectivity index is 3.24. The number of carbonyl (C=O) groups excluding carboxylic acids is 2. The highest BCUT2D eigenvalue weighted by molar-refractivity contribution is 5.87. The third kappa shape index (κ3) is 6.99. The van der Waals surface area contributed by atoms with E-state index in [-0.39, 0.29) is 12.3 Å². The summed E-state index contributed by atoms with van der Waals surface area (Å²) >= 11 is 0. The maximum absolute atomic E-state index is 10.7. The molecule has 0 aliphatic carbocycles. The van der Waals surface area contributed by atoms with Gasteiger partial charge in [-0.3, -0.25) is 4.79 Å². The minimum atomic E-state index is -0.207. The second-order valence-electron chi connectivity index (χ2n) is 2.52. The zero-order valence-corrected chi connectivity index (χ0v) is 6.96. The van der Waals surface area contributed by atoms with Gasteiger partial charge in [0.1, 0.15) is 6.29 Å². The van der Waals surface area contributed by atoms with Gasteiger partial charge >= 0.3 is 0 Å². The van der Waals surface area contributed by atoms with Crippen LogP contribution in [-0.2, 0) is 9.59 Å². The number of nitrogens with one attached hydrogen (secondary N) is 1. The molecular weight excluding hydrogens is 144 g/mol. The van der Waals surface area contributed by atoms with Crippen LogP contribution in [0.1, 0.15) is 6.42 Å². The fraction of sp³-hybridized carbons (Fsp3) is 0.714. The molecule has 0 aliphatic heterocycles. The minimum Gasteiger partial charge on any atom is -0.354 e. The van der Waals surface area contributed by atoms with Crippen LogP contribution in [0.4, 0.5) is 0 Å². The number of aldehydes is 1. The van der Waals surface area contributed by atoms with E-state index in [1.807, 2.05) is 19.0 Å². The van der Waals surface area contributed by atoms with E-state index in [1.54, 1.807) is 0 Å². The van der Waals surface area contributed by atoms with Crippen molar-refractivity contribution in [3.63, 3.8) is 0 Å². The molecule has 64 valence electrons. The second-order valence-corrected chi connectivity index (χ2v) is 2.52. The summed E-state index contributed by atoms with van der Waals surface area (Å²) in [6.07, 6.45) is 0.568. The highest BCUT2D eigenvalue weighted by atomic mass is 16.2. The predicted octanol–water partition coefficient (Wildman–Crippen LogP) is -0.747. The molecule has 0 aromatic carbocycles. The average molecular weight is 158 g/mol. The lowest BCUT2D eigenvalue weighted by atomic mass is 10.4. The molecule has 0 rings (SSSR count). The summed E-state index contributed by atoms with van der Waals surface area (Å²) in [6, 6.07) is 0. The summed E-state index contributed by atoms with van der Waals surface area (Å²) in [5, 5.41) is 2.60. The van der Waals surface area contributed by atoms with E-state index in [0.29, 0.717) is 12.8 Å². The van der Waals surface area contributed by atoms with Crippen LogP contribution in [0.2, 0.25) is 0 Å². The van der Waals surface area contributed by atoms with Gasteiger partial charge in [0.2, 0.25) is 5.91 Å². The van der Waals surface area contributed by atoms with Crippen molar-refractivity contribution in [1.29, 1.82) is 0 Å². The first-order valence-corrected chi connectivity index (χ1v) is 3.52. The van der Waals surface area contributed by atoms with Gasteiger partial charge in [-0.25, -0.2) is 0 Å². The first-order valence-electron chi connectivity index (χ1n) is 3.52. The van der Waals surface area contributed by atoms with Crippen molar-refractivity contribution in [2.24, 2.45) is 0 Å². The normalized spacial score (nSPS) is 9.73. The highest BCUT2D eigenvalue weighted by Gasteiger charge is 1.97. The molecule has 0 saturated carbocycles. The van der Waals surface area contributed by atoms with Crippen LogP contribution >= 0.6 is 0 Å². The number of rotatable bonds is 5. The smallest absolute Gasteiger partial charge is 0.227 e. The van der Waals surface area contributed by atoms with Gasteiger partial charge in [0.25, 0.3) is 0 Å². The van der Waals surface area contributed by atoms with Crippen molar-refractivity contribution >= 4 is 12.2 Å². The van der Waals surface area contributed by atoms with Crippen LogP contribution in [-0.4, -0.2) is 44.3 Å². The third-order valence-electron chi connectivity index (χ3n) is 1.15. The third-order valence-corrected chi connectivity index (χ3v) is 1.15. The lowest BCUT2D eigenvalue weighted by Crippen LogP contribution is -2.31. The summed E-state index contributed by atoms with van der Waals surface area (Å²) in [5.41, 5.74) is 0. The maximum atomic E-state index is 10.7. The number of hydrogen-bond acceptors (Lipinski definition) is 3. The Morgan fingerprint density at radius 3 is 2.64 bits per heavy atom. The monoisotopic (exact) mass is 158 g/mol. The van der Waals surface area contributed by atoms with E-state index < -0.39 is 0 Å². The molecule has 0 heterocycles. The zero-order chi connectivity index (χ0) is 8.69. The van der Waals surface area contributed by atoms with Gasteiger partial charge in [-0.05, 0) is 14.1 Å². The van der Waals surface area contributed by atoms with E-state index in [4.69, 9.17) is 0 Å². The first-order chi connectivity index (χ1) is 5.16. The molecule has 0 aromatic rings. The summed E-state index contributed by atoms with van der Waals surface area (Å²) in [7, 11) is 3.84. The molecule has 0 bridgehead atoms. The van der Waals surface area contributed by atoms with Gasteiger partial charge in [-0.1, -0.05) is 0 Å². The molecule has 1 N–H and O–H groups in total. The Labute approximate surface area is 66.6 Å². The highest BCUT2D eigenvalue weighted by Crippen LogP contribution is 1.74. The first kappa shape index (κ1) is 10.1. The van der Waals surface area contributed by atoms with E-state index in [2.05, 4.69) is 5.32 Å². The maximum Gasteiger partial charge on any atom is 0.227 e. The molecule has 0 spiro atoms. The van der Waals surface area contributed by atoms with E-state index in [0.717, 1.165) is 6.54 Å². The van der Waals surface area contributed by atoms with Crippen molar-refractivity contribution in [3.8, 4) is 0 Å². The van der Waals surface area contributed by atoms with E-state index >= 15 is 0 Å². The van der Waals surface area contributed by atoms with Gasteiger partial charge < -0.3 is 15.0 Å². The quantitative estimate of drug-likeness (QED) is 0.423. The molecule has 0 aliphatic rings. The molecule has 4 nitrogen and oxygen atoms in total. The Hall–Kier alpha value is -0.900. The minimum absolute atomic E-state index is 0.0343. The van der Waals surface area contributed by atoms with Crippen LogP contribution in [0.3, 0.4) is 0 Å². The molecule has 0 fully saturated rings. The summed E-state index contributed by atoms with van der Waals surface area (Å²) in [4.78, 5) is 22.5. The average Bonchev–Trinajstić information content (AvgIpc) is 1.87. The second kappa shape index (κ2) is 5.85. The molecular formula is C7H14N2O2. The van der Waals surface area contributed by atoms with Crippen LogP contribution < -0.4 is 5.32 Å². The summed E-state index contributed by atoms with van der Waals surface area (Å²) in [5.74, 6) is -0.207. The Bertz CT molecular complexity index is 134. The zero-order valence-electron chi connectivity index (χ0n) is 6.96. The number of amides is 1. The van der Waals surface area contributed by atoms with Crippen LogP contribution in [0.25, 0.3) is 0 Å². The van der Waals surface area contributed by atoms with Gasteiger partial charge in [-0.15, -0.1) is 0 Å². The van der Waals surface area contributed by atoms with Crippen LogP contribution in [0.15, 0.2) is 0 Å². The Kier molecular flexibility index (Phi) is 5.37. The van der Waals surface area contributed by atoms with E-state index in [1.165, 1.54) is 0 Å². The number of hydrogen-bond donors (Lipinski definition) is 1. The molecule has 0 unspecified atom stereocenters. The predicted molar refractivity (Wildman–Crippen MR) is 42.2 cm³/mol. The molecule has 0 radical (unpaired) electrons. The van der Waals surface area contributed by atoms with Crippen molar-refractivity contribution in [3.05, 3.63) is 0 Å². The van der Waals surface area contributed by atoms with Crippen molar-refractivity contribution in [1.82, 2.24) is 10.2 Å². The number of carbonyl (C=O) groups is 2. The van der Waals surface area contributed by atoms with Gasteiger partial charge in [0, 0.05) is 13.1 Å². The van der Waals surface area contributed by atoms with Gasteiger partial charge in [-0.2, -0.15) is 0 Å². The van der Waals surface area contributed by atoms with Crippen LogP contribution in [0.5, 0.6) is 0 Å². The van der Waals surface area contributed by atoms with Crippen LogP contribution in [0, 0.1) is 0 Å². The largest absolute Gasteiger partial charge is 0.354 e. The molecule has 1 amide bonds. The van der Waals surface area contributed by atoms with Gasteiger partial charge in [0.15, 0.2) is 0 Å². The topological polar surface area (TPSA) is 49.4 Å². The lowest BCUT2D eigenvalue weighted by Gasteiger charge is -2.08. The fourth-order valence-corrected chi connectivity index (χ4v) is 0.567. The van der Waals surface area contributed by atoms with E-state index in [9.17, 15) is 9.59 Å². The Morgan fingerprint density at radius 2 is 2.18 bits per heavy atom. The summed E-state index contributed by atoms with van der Waals surface area (Å²) < 4.78 is 0. The standard InChI is InChI=1S/C7H14N2O2/c1-9(2)5-4-8-7(11)3-6-10/h6H,3-5H2,1-2H3,(H,8,11). The number of likely N-dealkylation sites (N-methyl/N-ethyl adjacent to an activating group) is 1. The van der Waals surface area contributed by atoms with Crippen molar-refractivity contribution in [2.75, 3.05) is 27.2 Å². The molecule has 0 aromatic heterocycles. The number of nitrogens with zero attached hydrogens (tertiary/aromatic N) is 1. The lowest BCUT2D eigenvalue weighted by molar-refractivity contribution is -0.123. The molecule has 4 heteroatoms. The fourth-order valence-electron chi connectivity index (χ4n) is 0.567. The molecule has 0 atom stereocenters. The SMILES string of the molecule is CN(C)CCNC(=O)CC=O. The molecule has 0 saturated heterocycles. The summed E-state index contributed by atoms with van der Waals surface area (Å²) in [6.45, 7) is 1.39. The van der Waals surface area contributed by atoms with Crippen molar-refractivity contribution < 1.29 is 9.59 Å². The van der Waals surface area contributed by atoms with Crippen molar-refractivity contribution in [2.45, 2.75) is 6.42 Å². The Morgan fingerprint density at radius 1 is 1.55 bits per heavy atom.